The zero-order valence-electron chi connectivity index (χ0n) is 8.30. The van der Waals surface area contributed by atoms with E-state index in [9.17, 15) is 9.50 Å². The number of hydrogen-bond acceptors (Lipinski definition) is 1. The van der Waals surface area contributed by atoms with E-state index >= 15 is 0 Å². The Morgan fingerprint density at radius 1 is 1.43 bits per heavy atom. The van der Waals surface area contributed by atoms with Crippen LogP contribution in [0.5, 0.6) is 0 Å². The van der Waals surface area contributed by atoms with Gasteiger partial charge in [0.1, 0.15) is 5.82 Å². The van der Waals surface area contributed by atoms with Gasteiger partial charge in [0, 0.05) is 0 Å². The molecule has 0 amide bonds. The lowest BCUT2D eigenvalue weighted by Gasteiger charge is -2.14. The molecule has 0 aliphatic carbocycles. The van der Waals surface area contributed by atoms with Crippen molar-refractivity contribution in [2.75, 3.05) is 0 Å². The monoisotopic (exact) mass is 216 g/mol. The van der Waals surface area contributed by atoms with Crippen LogP contribution in [-0.4, -0.2) is 11.2 Å². The van der Waals surface area contributed by atoms with Gasteiger partial charge >= 0.3 is 0 Å². The topological polar surface area (TPSA) is 20.2 Å². The summed E-state index contributed by atoms with van der Waals surface area (Å²) in [6.45, 7) is 3.88. The third kappa shape index (κ3) is 2.96. The molecule has 14 heavy (non-hydrogen) atoms. The molecule has 0 aliphatic heterocycles. The summed E-state index contributed by atoms with van der Waals surface area (Å²) in [4.78, 5) is 0. The Labute approximate surface area is 88.5 Å². The molecule has 0 bridgehead atoms. The Bertz CT molecular complexity index is 312. The molecule has 0 aliphatic rings. The maximum Gasteiger partial charge on any atom is 0.141 e. The molecule has 1 atom stereocenters. The largest absolute Gasteiger partial charge is 0.393 e. The van der Waals surface area contributed by atoms with Crippen molar-refractivity contribution in [2.45, 2.75) is 26.4 Å². The Kier molecular flexibility index (Phi) is 3.90. The van der Waals surface area contributed by atoms with Crippen molar-refractivity contribution in [2.24, 2.45) is 5.92 Å². The van der Waals surface area contributed by atoms with Crippen molar-refractivity contribution in [3.05, 3.63) is 34.6 Å². The fourth-order valence-electron chi connectivity index (χ4n) is 1.14. The van der Waals surface area contributed by atoms with Gasteiger partial charge in [-0.15, -0.1) is 0 Å². The molecule has 78 valence electrons. The highest BCUT2D eigenvalue weighted by Crippen LogP contribution is 2.18. The molecule has 1 rings (SSSR count). The van der Waals surface area contributed by atoms with Crippen molar-refractivity contribution in [3.8, 4) is 0 Å². The molecule has 1 aromatic carbocycles. The smallest absolute Gasteiger partial charge is 0.141 e. The highest BCUT2D eigenvalue weighted by Gasteiger charge is 2.10. The van der Waals surface area contributed by atoms with Crippen molar-refractivity contribution >= 4 is 11.6 Å². The van der Waals surface area contributed by atoms with Crippen LogP contribution in [-0.2, 0) is 6.42 Å². The SMILES string of the molecule is CC(C)C(O)Cc1ccc(F)c(Cl)c1. The van der Waals surface area contributed by atoms with Gasteiger partial charge in [-0.1, -0.05) is 31.5 Å². The number of benzene rings is 1. The van der Waals surface area contributed by atoms with Crippen LogP contribution in [0.1, 0.15) is 19.4 Å². The van der Waals surface area contributed by atoms with Crippen molar-refractivity contribution < 1.29 is 9.50 Å². The minimum Gasteiger partial charge on any atom is -0.393 e. The van der Waals surface area contributed by atoms with E-state index in [0.29, 0.717) is 6.42 Å². The van der Waals surface area contributed by atoms with Gasteiger partial charge in [-0.25, -0.2) is 4.39 Å². The standard InChI is InChI=1S/C11H14ClFO/c1-7(2)11(14)6-8-3-4-10(13)9(12)5-8/h3-5,7,11,14H,6H2,1-2H3. The second-order valence-corrected chi connectivity index (χ2v) is 4.17. The van der Waals surface area contributed by atoms with E-state index in [0.717, 1.165) is 5.56 Å². The van der Waals surface area contributed by atoms with Crippen LogP contribution in [0.3, 0.4) is 0 Å². The van der Waals surface area contributed by atoms with Crippen LogP contribution in [0, 0.1) is 11.7 Å². The predicted octanol–water partition coefficient (Wildman–Crippen LogP) is 3.04. The molecule has 0 heterocycles. The molecule has 0 saturated heterocycles. The maximum atomic E-state index is 12.8. The Morgan fingerprint density at radius 2 is 2.07 bits per heavy atom. The fraction of sp³-hybridized carbons (Fsp3) is 0.455. The molecule has 1 aromatic rings. The molecule has 0 spiro atoms. The van der Waals surface area contributed by atoms with E-state index in [-0.39, 0.29) is 10.9 Å². The first kappa shape index (κ1) is 11.5. The van der Waals surface area contributed by atoms with Gasteiger partial charge in [-0.3, -0.25) is 0 Å². The summed E-state index contributed by atoms with van der Waals surface area (Å²) in [5, 5.41) is 9.71. The summed E-state index contributed by atoms with van der Waals surface area (Å²) in [6, 6.07) is 4.53. The average Bonchev–Trinajstić information content (AvgIpc) is 2.11. The molecule has 0 radical (unpaired) electrons. The van der Waals surface area contributed by atoms with Gasteiger partial charge in [0.2, 0.25) is 0 Å². The number of aliphatic hydroxyl groups is 1. The Balaban J connectivity index is 2.73. The summed E-state index contributed by atoms with van der Waals surface area (Å²) in [6.07, 6.45) is 0.106. The van der Waals surface area contributed by atoms with Crippen LogP contribution >= 0.6 is 11.6 Å². The average molecular weight is 217 g/mol. The molecule has 0 fully saturated rings. The van der Waals surface area contributed by atoms with E-state index in [1.165, 1.54) is 6.07 Å². The minimum atomic E-state index is -0.422. The zero-order valence-corrected chi connectivity index (χ0v) is 9.05. The molecular weight excluding hydrogens is 203 g/mol. The summed E-state index contributed by atoms with van der Waals surface area (Å²) >= 11 is 5.62. The van der Waals surface area contributed by atoms with Gasteiger partial charge in [-0.05, 0) is 30.0 Å². The quantitative estimate of drug-likeness (QED) is 0.824. The molecular formula is C11H14ClFO. The first-order chi connectivity index (χ1) is 6.50. The summed E-state index contributed by atoms with van der Waals surface area (Å²) in [5.74, 6) is -0.228. The first-order valence-corrected chi connectivity index (χ1v) is 5.00. The first-order valence-electron chi connectivity index (χ1n) is 4.62. The Hall–Kier alpha value is -0.600. The number of halogens is 2. The van der Waals surface area contributed by atoms with Gasteiger partial charge < -0.3 is 5.11 Å². The summed E-state index contributed by atoms with van der Waals surface area (Å²) in [5.41, 5.74) is 0.859. The number of rotatable bonds is 3. The summed E-state index contributed by atoms with van der Waals surface area (Å²) in [7, 11) is 0. The second-order valence-electron chi connectivity index (χ2n) is 3.76. The van der Waals surface area contributed by atoms with Crippen LogP contribution in [0.2, 0.25) is 5.02 Å². The van der Waals surface area contributed by atoms with Crippen LogP contribution in [0.15, 0.2) is 18.2 Å². The van der Waals surface area contributed by atoms with Gasteiger partial charge in [0.05, 0.1) is 11.1 Å². The zero-order chi connectivity index (χ0) is 10.7. The van der Waals surface area contributed by atoms with E-state index in [1.54, 1.807) is 12.1 Å². The van der Waals surface area contributed by atoms with Crippen molar-refractivity contribution in [3.63, 3.8) is 0 Å². The molecule has 0 saturated carbocycles. The van der Waals surface area contributed by atoms with Crippen LogP contribution in [0.4, 0.5) is 4.39 Å². The maximum absolute atomic E-state index is 12.8. The van der Waals surface area contributed by atoms with Crippen molar-refractivity contribution in [1.29, 1.82) is 0 Å². The lowest BCUT2D eigenvalue weighted by Crippen LogP contribution is -2.17. The third-order valence-corrected chi connectivity index (χ3v) is 2.49. The summed E-state index contributed by atoms with van der Waals surface area (Å²) < 4.78 is 12.8. The molecule has 0 aromatic heterocycles. The normalized spacial score (nSPS) is 13.3. The lowest BCUT2D eigenvalue weighted by atomic mass is 9.99. The fourth-order valence-corrected chi connectivity index (χ4v) is 1.35. The van der Waals surface area contributed by atoms with E-state index < -0.39 is 11.9 Å². The highest BCUT2D eigenvalue weighted by atomic mass is 35.5. The molecule has 1 N–H and O–H groups in total. The van der Waals surface area contributed by atoms with E-state index in [1.807, 2.05) is 13.8 Å². The lowest BCUT2D eigenvalue weighted by molar-refractivity contribution is 0.125. The van der Waals surface area contributed by atoms with Crippen LogP contribution < -0.4 is 0 Å². The van der Waals surface area contributed by atoms with Crippen molar-refractivity contribution in [1.82, 2.24) is 0 Å². The van der Waals surface area contributed by atoms with Gasteiger partial charge in [0.25, 0.3) is 0 Å². The number of hydrogen-bond donors (Lipinski definition) is 1. The van der Waals surface area contributed by atoms with Crippen LogP contribution in [0.25, 0.3) is 0 Å². The van der Waals surface area contributed by atoms with E-state index in [2.05, 4.69) is 0 Å². The molecule has 1 nitrogen and oxygen atoms in total. The minimum absolute atomic E-state index is 0.110. The van der Waals surface area contributed by atoms with E-state index in [4.69, 9.17) is 11.6 Å². The number of aliphatic hydroxyl groups excluding tert-OH is 1. The van der Waals surface area contributed by atoms with Gasteiger partial charge in [0.15, 0.2) is 0 Å². The molecule has 3 heteroatoms. The predicted molar refractivity (Wildman–Crippen MR) is 56.0 cm³/mol. The molecule has 1 unspecified atom stereocenters. The second kappa shape index (κ2) is 4.76. The van der Waals surface area contributed by atoms with Gasteiger partial charge in [-0.2, -0.15) is 0 Å². The Morgan fingerprint density at radius 3 is 2.57 bits per heavy atom. The third-order valence-electron chi connectivity index (χ3n) is 2.20. The highest BCUT2D eigenvalue weighted by molar-refractivity contribution is 6.30.